The molecule has 0 spiro atoms. The van der Waals surface area contributed by atoms with Crippen molar-refractivity contribution in [3.05, 3.63) is 29.3 Å². The van der Waals surface area contributed by atoms with Crippen LogP contribution < -0.4 is 10.5 Å². The number of methoxy groups -OCH3 is 2. The highest BCUT2D eigenvalue weighted by Crippen LogP contribution is 2.17. The molecule has 0 aliphatic rings. The Morgan fingerprint density at radius 2 is 2.00 bits per heavy atom. The van der Waals surface area contributed by atoms with Crippen LogP contribution in [0.1, 0.15) is 11.1 Å². The van der Waals surface area contributed by atoms with E-state index in [1.165, 1.54) is 0 Å². The van der Waals surface area contributed by atoms with Crippen molar-refractivity contribution < 1.29 is 9.47 Å². The third kappa shape index (κ3) is 2.44. The molecule has 3 nitrogen and oxygen atoms in total. The molecule has 0 atom stereocenters. The van der Waals surface area contributed by atoms with Crippen LogP contribution >= 0.6 is 0 Å². The van der Waals surface area contributed by atoms with Crippen LogP contribution in [0.4, 0.5) is 0 Å². The molecule has 0 heterocycles. The molecule has 1 aromatic carbocycles. The molecule has 0 bridgehead atoms. The second kappa shape index (κ2) is 4.84. The third-order valence-electron chi connectivity index (χ3n) is 1.93. The predicted molar refractivity (Wildman–Crippen MR) is 51.6 cm³/mol. The first-order valence-electron chi connectivity index (χ1n) is 4.16. The summed E-state index contributed by atoms with van der Waals surface area (Å²) < 4.78 is 10.1. The standard InChI is InChI=1S/C10H15NO2/c1-12-7-8-3-4-10(13-2)5-9(8)6-11/h3-5H,6-7,11H2,1-2H3. The molecule has 0 amide bonds. The summed E-state index contributed by atoms with van der Waals surface area (Å²) in [5, 5.41) is 0. The first-order valence-corrected chi connectivity index (χ1v) is 4.16. The predicted octanol–water partition coefficient (Wildman–Crippen LogP) is 1.30. The summed E-state index contributed by atoms with van der Waals surface area (Å²) >= 11 is 0. The largest absolute Gasteiger partial charge is 0.497 e. The third-order valence-corrected chi connectivity index (χ3v) is 1.93. The van der Waals surface area contributed by atoms with E-state index in [0.29, 0.717) is 13.2 Å². The fraction of sp³-hybridized carbons (Fsp3) is 0.400. The molecule has 1 aromatic rings. The number of hydrogen-bond acceptors (Lipinski definition) is 3. The molecule has 0 aromatic heterocycles. The van der Waals surface area contributed by atoms with Crippen LogP contribution in [0.3, 0.4) is 0 Å². The average molecular weight is 181 g/mol. The minimum Gasteiger partial charge on any atom is -0.497 e. The minimum atomic E-state index is 0.510. The van der Waals surface area contributed by atoms with Crippen molar-refractivity contribution in [1.82, 2.24) is 0 Å². The Hall–Kier alpha value is -1.06. The number of nitrogens with two attached hydrogens (primary N) is 1. The highest BCUT2D eigenvalue weighted by atomic mass is 16.5. The molecule has 0 saturated carbocycles. The summed E-state index contributed by atoms with van der Waals surface area (Å²) in [7, 11) is 3.32. The minimum absolute atomic E-state index is 0.510. The molecule has 0 aliphatic carbocycles. The van der Waals surface area contributed by atoms with Gasteiger partial charge in [0.25, 0.3) is 0 Å². The van der Waals surface area contributed by atoms with E-state index in [1.54, 1.807) is 14.2 Å². The van der Waals surface area contributed by atoms with E-state index in [-0.39, 0.29) is 0 Å². The van der Waals surface area contributed by atoms with Gasteiger partial charge in [-0.1, -0.05) is 6.07 Å². The zero-order valence-corrected chi connectivity index (χ0v) is 8.04. The van der Waals surface area contributed by atoms with E-state index >= 15 is 0 Å². The zero-order chi connectivity index (χ0) is 9.68. The van der Waals surface area contributed by atoms with Gasteiger partial charge in [-0.15, -0.1) is 0 Å². The van der Waals surface area contributed by atoms with Gasteiger partial charge in [-0.3, -0.25) is 0 Å². The van der Waals surface area contributed by atoms with Crippen LogP contribution in [-0.2, 0) is 17.9 Å². The van der Waals surface area contributed by atoms with Crippen LogP contribution in [0.25, 0.3) is 0 Å². The van der Waals surface area contributed by atoms with Gasteiger partial charge < -0.3 is 15.2 Å². The van der Waals surface area contributed by atoms with Crippen LogP contribution in [0.15, 0.2) is 18.2 Å². The fourth-order valence-electron chi connectivity index (χ4n) is 1.22. The van der Waals surface area contributed by atoms with Crippen molar-refractivity contribution >= 4 is 0 Å². The molecule has 0 aliphatic heterocycles. The van der Waals surface area contributed by atoms with Gasteiger partial charge in [-0.05, 0) is 23.3 Å². The Bertz CT molecular complexity index is 274. The van der Waals surface area contributed by atoms with Crippen molar-refractivity contribution in [1.29, 1.82) is 0 Å². The molecule has 0 saturated heterocycles. The van der Waals surface area contributed by atoms with Crippen molar-refractivity contribution in [2.75, 3.05) is 14.2 Å². The molecule has 72 valence electrons. The highest BCUT2D eigenvalue weighted by molar-refractivity contribution is 5.35. The lowest BCUT2D eigenvalue weighted by atomic mass is 10.1. The summed E-state index contributed by atoms with van der Waals surface area (Å²) in [4.78, 5) is 0. The molecule has 3 heteroatoms. The van der Waals surface area contributed by atoms with Crippen molar-refractivity contribution in [3.8, 4) is 5.75 Å². The van der Waals surface area contributed by atoms with Crippen molar-refractivity contribution in [3.63, 3.8) is 0 Å². The first-order chi connectivity index (χ1) is 6.31. The number of benzene rings is 1. The van der Waals surface area contributed by atoms with Gasteiger partial charge in [-0.2, -0.15) is 0 Å². The second-order valence-corrected chi connectivity index (χ2v) is 2.77. The Kier molecular flexibility index (Phi) is 3.73. The lowest BCUT2D eigenvalue weighted by molar-refractivity contribution is 0.184. The maximum absolute atomic E-state index is 5.59. The maximum Gasteiger partial charge on any atom is 0.119 e. The first kappa shape index (κ1) is 10.0. The molecule has 2 N–H and O–H groups in total. The van der Waals surface area contributed by atoms with Gasteiger partial charge >= 0.3 is 0 Å². The summed E-state index contributed by atoms with van der Waals surface area (Å²) in [6, 6.07) is 5.83. The second-order valence-electron chi connectivity index (χ2n) is 2.77. The quantitative estimate of drug-likeness (QED) is 0.761. The van der Waals surface area contributed by atoms with E-state index in [2.05, 4.69) is 0 Å². The van der Waals surface area contributed by atoms with E-state index in [0.717, 1.165) is 16.9 Å². The summed E-state index contributed by atoms with van der Waals surface area (Å²) in [6.07, 6.45) is 0. The Morgan fingerprint density at radius 1 is 1.23 bits per heavy atom. The topological polar surface area (TPSA) is 44.5 Å². The number of ether oxygens (including phenoxy) is 2. The van der Waals surface area contributed by atoms with E-state index in [9.17, 15) is 0 Å². The normalized spacial score (nSPS) is 10.1. The molecule has 0 unspecified atom stereocenters. The van der Waals surface area contributed by atoms with E-state index < -0.39 is 0 Å². The van der Waals surface area contributed by atoms with Gasteiger partial charge in [-0.25, -0.2) is 0 Å². The summed E-state index contributed by atoms with van der Waals surface area (Å²) in [5.41, 5.74) is 7.78. The van der Waals surface area contributed by atoms with Gasteiger partial charge in [0.2, 0.25) is 0 Å². The zero-order valence-electron chi connectivity index (χ0n) is 8.04. The van der Waals surface area contributed by atoms with Gasteiger partial charge in [0.1, 0.15) is 5.75 Å². The van der Waals surface area contributed by atoms with Crippen molar-refractivity contribution in [2.24, 2.45) is 5.73 Å². The van der Waals surface area contributed by atoms with Crippen LogP contribution in [0.5, 0.6) is 5.75 Å². The van der Waals surface area contributed by atoms with Gasteiger partial charge in [0, 0.05) is 13.7 Å². The van der Waals surface area contributed by atoms with E-state index in [1.807, 2.05) is 18.2 Å². The fourth-order valence-corrected chi connectivity index (χ4v) is 1.22. The smallest absolute Gasteiger partial charge is 0.119 e. The average Bonchev–Trinajstić information content (AvgIpc) is 2.19. The number of hydrogen-bond donors (Lipinski definition) is 1. The number of rotatable bonds is 4. The van der Waals surface area contributed by atoms with E-state index in [4.69, 9.17) is 15.2 Å². The Morgan fingerprint density at radius 3 is 2.54 bits per heavy atom. The molecule has 0 radical (unpaired) electrons. The van der Waals surface area contributed by atoms with Crippen LogP contribution in [-0.4, -0.2) is 14.2 Å². The summed E-state index contributed by atoms with van der Waals surface area (Å²) in [5.74, 6) is 0.834. The Balaban J connectivity index is 2.93. The molecular weight excluding hydrogens is 166 g/mol. The SMILES string of the molecule is COCc1ccc(OC)cc1CN. The summed E-state index contributed by atoms with van der Waals surface area (Å²) in [6.45, 7) is 1.10. The monoisotopic (exact) mass is 181 g/mol. The lowest BCUT2D eigenvalue weighted by Crippen LogP contribution is -2.02. The van der Waals surface area contributed by atoms with Crippen LogP contribution in [0, 0.1) is 0 Å². The van der Waals surface area contributed by atoms with Crippen molar-refractivity contribution in [2.45, 2.75) is 13.2 Å². The highest BCUT2D eigenvalue weighted by Gasteiger charge is 2.01. The molecule has 0 fully saturated rings. The van der Waals surface area contributed by atoms with Gasteiger partial charge in [0.05, 0.1) is 13.7 Å². The molecule has 13 heavy (non-hydrogen) atoms. The van der Waals surface area contributed by atoms with Gasteiger partial charge in [0.15, 0.2) is 0 Å². The van der Waals surface area contributed by atoms with Crippen LogP contribution in [0.2, 0.25) is 0 Å². The molecule has 1 rings (SSSR count). The maximum atomic E-state index is 5.59. The molecular formula is C10H15NO2. The lowest BCUT2D eigenvalue weighted by Gasteiger charge is -2.08. The Labute approximate surface area is 78.5 Å².